The molecule has 0 radical (unpaired) electrons. The molecule has 0 fully saturated rings. The fourth-order valence-corrected chi connectivity index (χ4v) is 3.19. The van der Waals surface area contributed by atoms with Crippen molar-refractivity contribution in [2.75, 3.05) is 6.61 Å². The molecule has 154 valence electrons. The molecule has 0 aliphatic rings. The third-order valence-electron chi connectivity index (χ3n) is 4.41. The molecule has 29 heavy (non-hydrogen) atoms. The van der Waals surface area contributed by atoms with Crippen molar-refractivity contribution < 1.29 is 23.9 Å². The summed E-state index contributed by atoms with van der Waals surface area (Å²) in [6, 6.07) is 17.7. The van der Waals surface area contributed by atoms with E-state index in [0.29, 0.717) is 0 Å². The second kappa shape index (κ2) is 9.87. The van der Waals surface area contributed by atoms with Crippen molar-refractivity contribution in [2.24, 2.45) is 0 Å². The van der Waals surface area contributed by atoms with Gasteiger partial charge in [-0.05, 0) is 23.6 Å². The summed E-state index contributed by atoms with van der Waals surface area (Å²) in [5, 5.41) is 2.81. The van der Waals surface area contributed by atoms with Crippen LogP contribution in [-0.4, -0.2) is 30.0 Å². The Balaban J connectivity index is 2.27. The molecule has 2 atom stereocenters. The Hall–Kier alpha value is -3.15. The SMILES string of the molecule is CC(=O)NC(C)(COC(C)=O)CC(OC(C)=O)c1ccc(-c2ccccc2)cc1. The molecule has 0 saturated carbocycles. The highest BCUT2D eigenvalue weighted by Crippen LogP contribution is 2.30. The van der Waals surface area contributed by atoms with Crippen LogP contribution < -0.4 is 5.32 Å². The molecule has 0 aliphatic heterocycles. The molecule has 2 aromatic carbocycles. The van der Waals surface area contributed by atoms with Gasteiger partial charge in [-0.1, -0.05) is 54.6 Å². The van der Waals surface area contributed by atoms with Gasteiger partial charge in [0.1, 0.15) is 12.7 Å². The minimum absolute atomic E-state index is 0.0260. The van der Waals surface area contributed by atoms with Crippen LogP contribution >= 0.6 is 0 Å². The second-order valence-electron chi connectivity index (χ2n) is 7.31. The average molecular weight is 397 g/mol. The summed E-state index contributed by atoms with van der Waals surface area (Å²) in [4.78, 5) is 34.6. The van der Waals surface area contributed by atoms with Gasteiger partial charge in [0.25, 0.3) is 0 Å². The van der Waals surface area contributed by atoms with Gasteiger partial charge < -0.3 is 14.8 Å². The maximum atomic E-state index is 11.7. The smallest absolute Gasteiger partial charge is 0.303 e. The Kier molecular flexibility index (Phi) is 7.53. The van der Waals surface area contributed by atoms with Crippen LogP contribution in [0.25, 0.3) is 11.1 Å². The van der Waals surface area contributed by atoms with Crippen LogP contribution in [0.4, 0.5) is 0 Å². The van der Waals surface area contributed by atoms with Crippen molar-refractivity contribution in [2.45, 2.75) is 45.8 Å². The number of hydrogen-bond acceptors (Lipinski definition) is 5. The number of amides is 1. The number of rotatable bonds is 8. The van der Waals surface area contributed by atoms with Crippen molar-refractivity contribution in [1.29, 1.82) is 0 Å². The highest BCUT2D eigenvalue weighted by atomic mass is 16.5. The van der Waals surface area contributed by atoms with Gasteiger partial charge in [0.05, 0.1) is 5.54 Å². The standard InChI is InChI=1S/C23H27NO5/c1-16(25)24-23(4,15-28-17(2)26)14-22(29-18(3)27)21-12-10-20(11-13-21)19-8-6-5-7-9-19/h5-13,22H,14-15H2,1-4H3,(H,24,25). The fraction of sp³-hybridized carbons (Fsp3) is 0.348. The molecule has 0 aromatic heterocycles. The Morgan fingerprint density at radius 1 is 0.897 bits per heavy atom. The highest BCUT2D eigenvalue weighted by Gasteiger charge is 2.33. The average Bonchev–Trinajstić information content (AvgIpc) is 2.66. The summed E-state index contributed by atoms with van der Waals surface area (Å²) < 4.78 is 10.7. The van der Waals surface area contributed by atoms with Gasteiger partial charge in [-0.3, -0.25) is 14.4 Å². The number of hydrogen-bond donors (Lipinski definition) is 1. The Morgan fingerprint density at radius 3 is 2.00 bits per heavy atom. The van der Waals surface area contributed by atoms with E-state index in [1.165, 1.54) is 20.8 Å². The van der Waals surface area contributed by atoms with Crippen LogP contribution in [-0.2, 0) is 23.9 Å². The van der Waals surface area contributed by atoms with Crippen LogP contribution in [0.5, 0.6) is 0 Å². The molecule has 0 heterocycles. The van der Waals surface area contributed by atoms with E-state index < -0.39 is 23.6 Å². The maximum absolute atomic E-state index is 11.7. The zero-order chi connectivity index (χ0) is 21.4. The van der Waals surface area contributed by atoms with Gasteiger partial charge >= 0.3 is 11.9 Å². The number of nitrogens with one attached hydrogen (secondary N) is 1. The minimum atomic E-state index is -0.893. The molecule has 0 saturated heterocycles. The van der Waals surface area contributed by atoms with Crippen LogP contribution in [0, 0.1) is 0 Å². The molecule has 6 heteroatoms. The van der Waals surface area contributed by atoms with E-state index in [4.69, 9.17) is 9.47 Å². The van der Waals surface area contributed by atoms with E-state index in [1.807, 2.05) is 54.6 Å². The Morgan fingerprint density at radius 2 is 1.48 bits per heavy atom. The van der Waals surface area contributed by atoms with Gasteiger partial charge in [0, 0.05) is 27.2 Å². The maximum Gasteiger partial charge on any atom is 0.303 e. The third kappa shape index (κ3) is 7.07. The number of benzene rings is 2. The number of carbonyl (C=O) groups is 3. The first-order valence-electron chi connectivity index (χ1n) is 9.43. The van der Waals surface area contributed by atoms with Crippen LogP contribution in [0.3, 0.4) is 0 Å². The summed E-state index contributed by atoms with van der Waals surface area (Å²) in [5.74, 6) is -1.14. The van der Waals surface area contributed by atoms with Crippen LogP contribution in [0.15, 0.2) is 54.6 Å². The summed E-state index contributed by atoms with van der Waals surface area (Å²) in [7, 11) is 0. The molecule has 0 bridgehead atoms. The summed E-state index contributed by atoms with van der Waals surface area (Å²) >= 11 is 0. The quantitative estimate of drug-likeness (QED) is 0.685. The van der Waals surface area contributed by atoms with Gasteiger partial charge in [0.2, 0.25) is 5.91 Å². The monoisotopic (exact) mass is 397 g/mol. The lowest BCUT2D eigenvalue weighted by molar-refractivity contribution is -0.151. The topological polar surface area (TPSA) is 81.7 Å². The first-order chi connectivity index (χ1) is 13.7. The van der Waals surface area contributed by atoms with Gasteiger partial charge in [-0.25, -0.2) is 0 Å². The highest BCUT2D eigenvalue weighted by molar-refractivity contribution is 5.74. The third-order valence-corrected chi connectivity index (χ3v) is 4.41. The molecule has 2 aromatic rings. The first-order valence-corrected chi connectivity index (χ1v) is 9.43. The zero-order valence-electron chi connectivity index (χ0n) is 17.2. The molecular weight excluding hydrogens is 370 g/mol. The van der Waals surface area contributed by atoms with E-state index in [1.54, 1.807) is 6.92 Å². The van der Waals surface area contributed by atoms with E-state index in [0.717, 1.165) is 16.7 Å². The van der Waals surface area contributed by atoms with Crippen LogP contribution in [0.1, 0.15) is 45.8 Å². The second-order valence-corrected chi connectivity index (χ2v) is 7.31. The lowest BCUT2D eigenvalue weighted by Crippen LogP contribution is -2.50. The fourth-order valence-electron chi connectivity index (χ4n) is 3.19. The van der Waals surface area contributed by atoms with Crippen molar-refractivity contribution >= 4 is 17.8 Å². The minimum Gasteiger partial charge on any atom is -0.463 e. The number of ether oxygens (including phenoxy) is 2. The number of carbonyl (C=O) groups excluding carboxylic acids is 3. The molecule has 0 spiro atoms. The summed E-state index contributed by atoms with van der Waals surface area (Å²) in [6.45, 7) is 5.77. The molecule has 2 rings (SSSR count). The Bertz CT molecular complexity index is 847. The van der Waals surface area contributed by atoms with Crippen molar-refractivity contribution in [3.63, 3.8) is 0 Å². The lowest BCUT2D eigenvalue weighted by Gasteiger charge is -2.33. The normalized spacial score (nSPS) is 13.7. The zero-order valence-corrected chi connectivity index (χ0v) is 17.2. The molecule has 6 nitrogen and oxygen atoms in total. The predicted molar refractivity (Wildman–Crippen MR) is 110 cm³/mol. The molecule has 2 unspecified atom stereocenters. The Labute approximate surface area is 171 Å². The molecular formula is C23H27NO5. The predicted octanol–water partition coefficient (Wildman–Crippen LogP) is 3.81. The van der Waals surface area contributed by atoms with Crippen molar-refractivity contribution in [1.82, 2.24) is 5.32 Å². The molecule has 1 N–H and O–H groups in total. The molecule has 1 amide bonds. The first kappa shape index (κ1) is 22.1. The summed E-state index contributed by atoms with van der Waals surface area (Å²) in [5.41, 5.74) is 2.02. The van der Waals surface area contributed by atoms with Gasteiger partial charge in [-0.15, -0.1) is 0 Å². The number of esters is 2. The van der Waals surface area contributed by atoms with Crippen LogP contribution in [0.2, 0.25) is 0 Å². The van der Waals surface area contributed by atoms with Crippen molar-refractivity contribution in [3.8, 4) is 11.1 Å². The van der Waals surface area contributed by atoms with E-state index in [2.05, 4.69) is 5.32 Å². The van der Waals surface area contributed by atoms with E-state index in [-0.39, 0.29) is 18.9 Å². The molecule has 0 aliphatic carbocycles. The summed E-state index contributed by atoms with van der Waals surface area (Å²) in [6.07, 6.45) is -0.353. The van der Waals surface area contributed by atoms with Gasteiger partial charge in [-0.2, -0.15) is 0 Å². The lowest BCUT2D eigenvalue weighted by atomic mass is 9.90. The largest absolute Gasteiger partial charge is 0.463 e. The van der Waals surface area contributed by atoms with E-state index >= 15 is 0 Å². The van der Waals surface area contributed by atoms with Crippen molar-refractivity contribution in [3.05, 3.63) is 60.2 Å². The van der Waals surface area contributed by atoms with E-state index in [9.17, 15) is 14.4 Å². The van der Waals surface area contributed by atoms with Gasteiger partial charge in [0.15, 0.2) is 0 Å².